The summed E-state index contributed by atoms with van der Waals surface area (Å²) >= 11 is 0. The van der Waals surface area contributed by atoms with Crippen LogP contribution in [0.4, 0.5) is 0 Å². The summed E-state index contributed by atoms with van der Waals surface area (Å²) in [6.07, 6.45) is 5.07. The maximum Gasteiger partial charge on any atom is 0.193 e. The highest BCUT2D eigenvalue weighted by Crippen LogP contribution is 2.32. The molecule has 1 N–H and O–H groups in total. The van der Waals surface area contributed by atoms with E-state index in [1.54, 1.807) is 6.26 Å². The minimum atomic E-state index is 0. The van der Waals surface area contributed by atoms with Gasteiger partial charge in [0.2, 0.25) is 0 Å². The normalized spacial score (nSPS) is 22.2. The highest BCUT2D eigenvalue weighted by Gasteiger charge is 2.33. The molecule has 4 nitrogen and oxygen atoms in total. The van der Waals surface area contributed by atoms with Gasteiger partial charge in [0.05, 0.1) is 6.26 Å². The van der Waals surface area contributed by atoms with Crippen LogP contribution in [0.25, 0.3) is 0 Å². The summed E-state index contributed by atoms with van der Waals surface area (Å²) in [5.41, 5.74) is 0.442. The zero-order valence-corrected chi connectivity index (χ0v) is 15.7. The van der Waals surface area contributed by atoms with Crippen LogP contribution >= 0.6 is 24.0 Å². The molecule has 5 heteroatoms. The first kappa shape index (κ1) is 18.3. The summed E-state index contributed by atoms with van der Waals surface area (Å²) in [6, 6.07) is 3.93. The first-order valence-corrected chi connectivity index (χ1v) is 7.72. The third-order valence-electron chi connectivity index (χ3n) is 4.25. The van der Waals surface area contributed by atoms with Crippen LogP contribution in [0.3, 0.4) is 0 Å². The number of rotatable bonds is 5. The molecular weight excluding hydrogens is 377 g/mol. The van der Waals surface area contributed by atoms with Gasteiger partial charge in [-0.3, -0.25) is 4.99 Å². The van der Waals surface area contributed by atoms with Crippen LogP contribution in [-0.2, 0) is 6.42 Å². The van der Waals surface area contributed by atoms with Gasteiger partial charge in [0.15, 0.2) is 5.96 Å². The number of likely N-dealkylation sites (tertiary alicyclic amines) is 1. The molecule has 0 aliphatic carbocycles. The molecule has 0 saturated carbocycles. The Hall–Kier alpha value is -0.720. The molecule has 0 spiro atoms. The quantitative estimate of drug-likeness (QED) is 0.463. The smallest absolute Gasteiger partial charge is 0.193 e. The van der Waals surface area contributed by atoms with Gasteiger partial charge in [-0.2, -0.15) is 0 Å². The van der Waals surface area contributed by atoms with Gasteiger partial charge in [-0.05, 0) is 37.3 Å². The molecule has 120 valence electrons. The largest absolute Gasteiger partial charge is 0.469 e. The molecule has 1 unspecified atom stereocenters. The molecule has 0 bridgehead atoms. The zero-order valence-electron chi connectivity index (χ0n) is 13.4. The van der Waals surface area contributed by atoms with Crippen LogP contribution < -0.4 is 5.32 Å². The van der Waals surface area contributed by atoms with Crippen LogP contribution in [-0.4, -0.2) is 37.0 Å². The summed E-state index contributed by atoms with van der Waals surface area (Å²) in [7, 11) is 0. The van der Waals surface area contributed by atoms with Gasteiger partial charge < -0.3 is 14.6 Å². The highest BCUT2D eigenvalue weighted by molar-refractivity contribution is 14.0. The van der Waals surface area contributed by atoms with Crippen molar-refractivity contribution in [2.24, 2.45) is 10.4 Å². The maximum atomic E-state index is 5.35. The van der Waals surface area contributed by atoms with Crippen molar-refractivity contribution < 1.29 is 4.42 Å². The number of nitrogens with one attached hydrogen (secondary N) is 1. The van der Waals surface area contributed by atoms with Crippen molar-refractivity contribution >= 4 is 29.9 Å². The molecule has 21 heavy (non-hydrogen) atoms. The van der Waals surface area contributed by atoms with Crippen molar-refractivity contribution in [3.8, 4) is 0 Å². The van der Waals surface area contributed by atoms with E-state index in [0.717, 1.165) is 44.3 Å². The van der Waals surface area contributed by atoms with E-state index in [2.05, 4.69) is 31.0 Å². The predicted octanol–water partition coefficient (Wildman–Crippen LogP) is 3.53. The standard InChI is InChI=1S/C16H27N3O.HI/c1-4-16(3)9-11-19(13-16)15(17-5-2)18-10-8-14-7-6-12-20-14;/h6-7,12H,4-5,8-11,13H2,1-3H3,(H,17,18);1H. The average molecular weight is 405 g/mol. The summed E-state index contributed by atoms with van der Waals surface area (Å²) in [5.74, 6) is 2.06. The monoisotopic (exact) mass is 405 g/mol. The van der Waals surface area contributed by atoms with Gasteiger partial charge in [0, 0.05) is 32.6 Å². The number of guanidine groups is 1. The number of halogens is 1. The Morgan fingerprint density at radius 3 is 2.86 bits per heavy atom. The molecular formula is C16H28IN3O. The molecule has 0 radical (unpaired) electrons. The second-order valence-electron chi connectivity index (χ2n) is 5.90. The van der Waals surface area contributed by atoms with Gasteiger partial charge in [0.25, 0.3) is 0 Å². The zero-order chi connectivity index (χ0) is 14.4. The van der Waals surface area contributed by atoms with Crippen molar-refractivity contribution in [2.75, 3.05) is 26.2 Å². The lowest BCUT2D eigenvalue weighted by molar-refractivity contribution is 0.322. The van der Waals surface area contributed by atoms with E-state index in [1.165, 1.54) is 12.8 Å². The second-order valence-corrected chi connectivity index (χ2v) is 5.90. The van der Waals surface area contributed by atoms with Crippen molar-refractivity contribution in [3.63, 3.8) is 0 Å². The molecule has 0 aromatic carbocycles. The van der Waals surface area contributed by atoms with Gasteiger partial charge in [-0.1, -0.05) is 13.8 Å². The number of hydrogen-bond acceptors (Lipinski definition) is 2. The highest BCUT2D eigenvalue weighted by atomic mass is 127. The molecule has 1 saturated heterocycles. The van der Waals surface area contributed by atoms with E-state index < -0.39 is 0 Å². The van der Waals surface area contributed by atoms with E-state index in [4.69, 9.17) is 9.41 Å². The minimum Gasteiger partial charge on any atom is -0.469 e. The SMILES string of the molecule is CCNC(=NCCc1ccco1)N1CCC(C)(CC)C1.I. The molecule has 1 aliphatic rings. The van der Waals surface area contributed by atoms with Crippen LogP contribution in [0.5, 0.6) is 0 Å². The van der Waals surface area contributed by atoms with E-state index in [-0.39, 0.29) is 24.0 Å². The number of furan rings is 1. The van der Waals surface area contributed by atoms with E-state index in [0.29, 0.717) is 5.41 Å². The van der Waals surface area contributed by atoms with E-state index >= 15 is 0 Å². The molecule has 1 atom stereocenters. The fourth-order valence-corrected chi connectivity index (χ4v) is 2.65. The second kappa shape index (κ2) is 8.66. The predicted molar refractivity (Wildman–Crippen MR) is 98.4 cm³/mol. The molecule has 0 amide bonds. The minimum absolute atomic E-state index is 0. The number of hydrogen-bond donors (Lipinski definition) is 1. The van der Waals surface area contributed by atoms with Crippen molar-refractivity contribution in [2.45, 2.75) is 40.0 Å². The third kappa shape index (κ3) is 5.20. The molecule has 2 heterocycles. The van der Waals surface area contributed by atoms with Crippen LogP contribution in [0, 0.1) is 5.41 Å². The van der Waals surface area contributed by atoms with E-state index in [9.17, 15) is 0 Å². The van der Waals surface area contributed by atoms with E-state index in [1.807, 2.05) is 12.1 Å². The lowest BCUT2D eigenvalue weighted by atomic mass is 9.87. The summed E-state index contributed by atoms with van der Waals surface area (Å²) in [6.45, 7) is 10.7. The Labute approximate surface area is 145 Å². The maximum absolute atomic E-state index is 5.35. The number of aliphatic imine (C=N–C) groups is 1. The topological polar surface area (TPSA) is 40.8 Å². The van der Waals surface area contributed by atoms with Crippen molar-refractivity contribution in [1.82, 2.24) is 10.2 Å². The van der Waals surface area contributed by atoms with Crippen LogP contribution in [0.2, 0.25) is 0 Å². The Morgan fingerprint density at radius 2 is 2.29 bits per heavy atom. The van der Waals surface area contributed by atoms with Crippen LogP contribution in [0.15, 0.2) is 27.8 Å². The summed E-state index contributed by atoms with van der Waals surface area (Å²) in [4.78, 5) is 7.14. The molecule has 1 aliphatic heterocycles. The van der Waals surface area contributed by atoms with Gasteiger partial charge in [-0.15, -0.1) is 24.0 Å². The molecule has 2 rings (SSSR count). The lowest BCUT2D eigenvalue weighted by Crippen LogP contribution is -2.41. The Kier molecular flexibility index (Phi) is 7.56. The fraction of sp³-hybridized carbons (Fsp3) is 0.688. The Bertz CT molecular complexity index is 433. The Balaban J connectivity index is 0.00000220. The van der Waals surface area contributed by atoms with Crippen LogP contribution in [0.1, 0.15) is 39.4 Å². The van der Waals surface area contributed by atoms with Gasteiger partial charge in [-0.25, -0.2) is 0 Å². The molecule has 1 aromatic heterocycles. The summed E-state index contributed by atoms with van der Waals surface area (Å²) < 4.78 is 5.35. The summed E-state index contributed by atoms with van der Waals surface area (Å²) in [5, 5.41) is 3.41. The fourth-order valence-electron chi connectivity index (χ4n) is 2.65. The first-order valence-electron chi connectivity index (χ1n) is 7.72. The molecule has 1 fully saturated rings. The number of nitrogens with zero attached hydrogens (tertiary/aromatic N) is 2. The first-order chi connectivity index (χ1) is 9.67. The third-order valence-corrected chi connectivity index (χ3v) is 4.25. The lowest BCUT2D eigenvalue weighted by Gasteiger charge is -2.25. The van der Waals surface area contributed by atoms with Gasteiger partial charge >= 0.3 is 0 Å². The molecule has 1 aromatic rings. The Morgan fingerprint density at radius 1 is 1.48 bits per heavy atom. The van der Waals surface area contributed by atoms with Crippen molar-refractivity contribution in [3.05, 3.63) is 24.2 Å². The van der Waals surface area contributed by atoms with Gasteiger partial charge in [0.1, 0.15) is 5.76 Å². The van der Waals surface area contributed by atoms with Crippen molar-refractivity contribution in [1.29, 1.82) is 0 Å². The average Bonchev–Trinajstić information content (AvgIpc) is 3.08.